The fraction of sp³-hybridized carbons (Fsp3) is 0.357. The summed E-state index contributed by atoms with van der Waals surface area (Å²) in [7, 11) is 0. The highest BCUT2D eigenvalue weighted by Crippen LogP contribution is 2.18. The standard InChI is InChI=1S/C14H18N4O/c1-3-18(4-2)13(19)10-15-14-12-8-6-5-7-11(12)9-16-17-14/h5-9H,3-4,10H2,1-2H3,(H,15,17). The predicted octanol–water partition coefficient (Wildman–Crippen LogP) is 1.91. The van der Waals surface area contributed by atoms with E-state index in [9.17, 15) is 4.79 Å². The fourth-order valence-electron chi connectivity index (χ4n) is 2.01. The molecule has 5 nitrogen and oxygen atoms in total. The number of nitrogens with one attached hydrogen (secondary N) is 1. The van der Waals surface area contributed by atoms with Crippen molar-refractivity contribution in [1.82, 2.24) is 15.1 Å². The van der Waals surface area contributed by atoms with Gasteiger partial charge in [-0.25, -0.2) is 0 Å². The van der Waals surface area contributed by atoms with E-state index in [-0.39, 0.29) is 12.5 Å². The molecule has 100 valence electrons. The van der Waals surface area contributed by atoms with Crippen LogP contribution in [0.25, 0.3) is 10.8 Å². The molecule has 1 aromatic carbocycles. The largest absolute Gasteiger partial charge is 0.359 e. The number of carbonyl (C=O) groups is 1. The van der Waals surface area contributed by atoms with E-state index in [0.717, 1.165) is 23.9 Å². The average Bonchev–Trinajstić information content (AvgIpc) is 2.46. The van der Waals surface area contributed by atoms with Gasteiger partial charge in [-0.3, -0.25) is 4.79 Å². The fourth-order valence-corrected chi connectivity index (χ4v) is 2.01. The third-order valence-corrected chi connectivity index (χ3v) is 3.09. The van der Waals surface area contributed by atoms with Gasteiger partial charge in [-0.1, -0.05) is 24.3 Å². The Morgan fingerprint density at radius 1 is 1.26 bits per heavy atom. The zero-order chi connectivity index (χ0) is 13.7. The topological polar surface area (TPSA) is 58.1 Å². The SMILES string of the molecule is CCN(CC)C(=O)CNc1nncc2ccccc12. The molecule has 2 rings (SSSR count). The van der Waals surface area contributed by atoms with Gasteiger partial charge in [0.25, 0.3) is 0 Å². The van der Waals surface area contributed by atoms with Crippen LogP contribution in [0.15, 0.2) is 30.5 Å². The molecule has 0 saturated carbocycles. The van der Waals surface area contributed by atoms with Crippen LogP contribution in [-0.2, 0) is 4.79 Å². The Kier molecular flexibility index (Phi) is 4.28. The number of anilines is 1. The van der Waals surface area contributed by atoms with Crippen molar-refractivity contribution in [3.8, 4) is 0 Å². The lowest BCUT2D eigenvalue weighted by Gasteiger charge is -2.19. The van der Waals surface area contributed by atoms with Crippen molar-refractivity contribution in [2.75, 3.05) is 25.0 Å². The molecule has 5 heteroatoms. The minimum Gasteiger partial charge on any atom is -0.359 e. The number of amides is 1. The maximum atomic E-state index is 11.9. The Bertz CT molecular complexity index is 561. The summed E-state index contributed by atoms with van der Waals surface area (Å²) in [6.45, 7) is 5.62. The molecule has 0 aliphatic carbocycles. The van der Waals surface area contributed by atoms with Gasteiger partial charge in [-0.2, -0.15) is 5.10 Å². The molecule has 1 heterocycles. The van der Waals surface area contributed by atoms with Gasteiger partial charge in [-0.15, -0.1) is 5.10 Å². The minimum atomic E-state index is 0.0692. The second-order valence-corrected chi connectivity index (χ2v) is 4.20. The Hall–Kier alpha value is -2.17. The summed E-state index contributed by atoms with van der Waals surface area (Å²) in [6, 6.07) is 7.84. The van der Waals surface area contributed by atoms with E-state index in [0.29, 0.717) is 5.82 Å². The van der Waals surface area contributed by atoms with Crippen LogP contribution in [-0.4, -0.2) is 40.6 Å². The van der Waals surface area contributed by atoms with E-state index >= 15 is 0 Å². The lowest BCUT2D eigenvalue weighted by molar-refractivity contribution is -0.128. The lowest BCUT2D eigenvalue weighted by Crippen LogP contribution is -2.35. The van der Waals surface area contributed by atoms with Crippen molar-refractivity contribution >= 4 is 22.5 Å². The van der Waals surface area contributed by atoms with Crippen LogP contribution in [0.1, 0.15) is 13.8 Å². The van der Waals surface area contributed by atoms with E-state index < -0.39 is 0 Å². The van der Waals surface area contributed by atoms with Gasteiger partial charge in [0.1, 0.15) is 0 Å². The third kappa shape index (κ3) is 2.99. The van der Waals surface area contributed by atoms with Crippen molar-refractivity contribution in [3.63, 3.8) is 0 Å². The number of fused-ring (bicyclic) bond motifs is 1. The van der Waals surface area contributed by atoms with Crippen LogP contribution in [0.4, 0.5) is 5.82 Å². The average molecular weight is 258 g/mol. The third-order valence-electron chi connectivity index (χ3n) is 3.09. The molecule has 0 saturated heterocycles. The normalized spacial score (nSPS) is 10.4. The smallest absolute Gasteiger partial charge is 0.241 e. The first-order valence-corrected chi connectivity index (χ1v) is 6.48. The highest BCUT2D eigenvalue weighted by Gasteiger charge is 2.10. The van der Waals surface area contributed by atoms with Crippen LogP contribution in [0.2, 0.25) is 0 Å². The molecule has 1 aromatic heterocycles. The van der Waals surface area contributed by atoms with Gasteiger partial charge < -0.3 is 10.2 Å². The number of benzene rings is 1. The van der Waals surface area contributed by atoms with Crippen LogP contribution < -0.4 is 5.32 Å². The summed E-state index contributed by atoms with van der Waals surface area (Å²) in [6.07, 6.45) is 1.72. The van der Waals surface area contributed by atoms with Gasteiger partial charge >= 0.3 is 0 Å². The molecule has 0 aliphatic heterocycles. The highest BCUT2D eigenvalue weighted by atomic mass is 16.2. The number of hydrogen-bond donors (Lipinski definition) is 1. The van der Waals surface area contributed by atoms with Crippen molar-refractivity contribution in [2.45, 2.75) is 13.8 Å². The monoisotopic (exact) mass is 258 g/mol. The van der Waals surface area contributed by atoms with E-state index in [1.165, 1.54) is 0 Å². The quantitative estimate of drug-likeness (QED) is 0.890. The molecular weight excluding hydrogens is 240 g/mol. The summed E-state index contributed by atoms with van der Waals surface area (Å²) in [5, 5.41) is 13.1. The summed E-state index contributed by atoms with van der Waals surface area (Å²) in [5.74, 6) is 0.721. The van der Waals surface area contributed by atoms with Gasteiger partial charge in [0.05, 0.1) is 12.7 Å². The second-order valence-electron chi connectivity index (χ2n) is 4.20. The Balaban J connectivity index is 2.12. The summed E-state index contributed by atoms with van der Waals surface area (Å²) in [5.41, 5.74) is 0. The lowest BCUT2D eigenvalue weighted by atomic mass is 10.2. The van der Waals surface area contributed by atoms with E-state index in [1.807, 2.05) is 38.1 Å². The second kappa shape index (κ2) is 6.13. The first kappa shape index (κ1) is 13.3. The molecule has 1 amide bonds. The molecule has 0 unspecified atom stereocenters. The van der Waals surface area contributed by atoms with Crippen molar-refractivity contribution in [2.24, 2.45) is 0 Å². The van der Waals surface area contributed by atoms with E-state index in [1.54, 1.807) is 11.1 Å². The number of aromatic nitrogens is 2. The Morgan fingerprint density at radius 3 is 2.74 bits per heavy atom. The minimum absolute atomic E-state index is 0.0692. The molecule has 0 radical (unpaired) electrons. The maximum Gasteiger partial charge on any atom is 0.241 e. The molecule has 1 N–H and O–H groups in total. The molecule has 0 fully saturated rings. The molecule has 0 aliphatic rings. The Morgan fingerprint density at radius 2 is 2.00 bits per heavy atom. The van der Waals surface area contributed by atoms with E-state index in [2.05, 4.69) is 15.5 Å². The van der Waals surface area contributed by atoms with Crippen molar-refractivity contribution in [3.05, 3.63) is 30.5 Å². The molecular formula is C14H18N4O. The maximum absolute atomic E-state index is 11.9. The predicted molar refractivity (Wildman–Crippen MR) is 76.0 cm³/mol. The summed E-state index contributed by atoms with van der Waals surface area (Å²) < 4.78 is 0. The number of carbonyl (C=O) groups excluding carboxylic acids is 1. The zero-order valence-electron chi connectivity index (χ0n) is 11.3. The summed E-state index contributed by atoms with van der Waals surface area (Å²) in [4.78, 5) is 13.7. The van der Waals surface area contributed by atoms with Crippen LogP contribution in [0.3, 0.4) is 0 Å². The van der Waals surface area contributed by atoms with Crippen LogP contribution in [0, 0.1) is 0 Å². The Labute approximate surface area is 112 Å². The molecule has 0 bridgehead atoms. The van der Waals surface area contributed by atoms with Crippen molar-refractivity contribution < 1.29 is 4.79 Å². The zero-order valence-corrected chi connectivity index (χ0v) is 11.3. The van der Waals surface area contributed by atoms with Crippen LogP contribution in [0.5, 0.6) is 0 Å². The highest BCUT2D eigenvalue weighted by molar-refractivity contribution is 5.92. The number of likely N-dealkylation sites (N-methyl/N-ethyl adjacent to an activating group) is 1. The first-order valence-electron chi connectivity index (χ1n) is 6.48. The van der Waals surface area contributed by atoms with Gasteiger partial charge in [0, 0.05) is 23.9 Å². The molecule has 2 aromatic rings. The first-order chi connectivity index (χ1) is 9.26. The van der Waals surface area contributed by atoms with Crippen molar-refractivity contribution in [1.29, 1.82) is 0 Å². The molecule has 19 heavy (non-hydrogen) atoms. The molecule has 0 atom stereocenters. The van der Waals surface area contributed by atoms with Crippen LogP contribution >= 0.6 is 0 Å². The molecule has 0 spiro atoms. The van der Waals surface area contributed by atoms with E-state index in [4.69, 9.17) is 0 Å². The number of hydrogen-bond acceptors (Lipinski definition) is 4. The number of nitrogens with zero attached hydrogens (tertiary/aromatic N) is 3. The van der Waals surface area contributed by atoms with Gasteiger partial charge in [-0.05, 0) is 13.8 Å². The van der Waals surface area contributed by atoms with Gasteiger partial charge in [0.2, 0.25) is 5.91 Å². The number of rotatable bonds is 5. The van der Waals surface area contributed by atoms with Gasteiger partial charge in [0.15, 0.2) is 5.82 Å². The summed E-state index contributed by atoms with van der Waals surface area (Å²) >= 11 is 0.